The molecule has 78 heavy (non-hydrogen) atoms. The lowest BCUT2D eigenvalue weighted by Gasteiger charge is -2.44. The Morgan fingerprint density at radius 3 is 1.56 bits per heavy atom. The molecule has 0 atom stereocenters. The Kier molecular flexibility index (Phi) is 17.2. The van der Waals surface area contributed by atoms with Crippen molar-refractivity contribution < 1.29 is 28.0 Å². The van der Waals surface area contributed by atoms with Gasteiger partial charge in [-0.05, 0) is 124 Å². The summed E-state index contributed by atoms with van der Waals surface area (Å²) in [7, 11) is 0. The van der Waals surface area contributed by atoms with Gasteiger partial charge >= 0.3 is 0 Å². The minimum absolute atomic E-state index is 0.0188. The van der Waals surface area contributed by atoms with Gasteiger partial charge in [-0.15, -0.1) is 20.4 Å². The number of aromatic nitrogens is 4. The molecule has 3 heterocycles. The fourth-order valence-corrected chi connectivity index (χ4v) is 11.7. The fourth-order valence-electron chi connectivity index (χ4n) is 11.7. The minimum Gasteiger partial charge on any atom is -0.354 e. The first-order valence-corrected chi connectivity index (χ1v) is 27.6. The highest BCUT2D eigenvalue weighted by molar-refractivity contribution is 5.93. The van der Waals surface area contributed by atoms with Crippen molar-refractivity contribution in [2.45, 2.75) is 146 Å². The molecule has 0 unspecified atom stereocenters. The maximum Gasteiger partial charge on any atom is 0.252 e. The first-order chi connectivity index (χ1) is 37.4. The van der Waals surface area contributed by atoms with Gasteiger partial charge < -0.3 is 32.3 Å². The van der Waals surface area contributed by atoms with Gasteiger partial charge in [0.1, 0.15) is 11.4 Å². The number of amides is 4. The highest BCUT2D eigenvalue weighted by Gasteiger charge is 2.55. The van der Waals surface area contributed by atoms with Crippen LogP contribution in [-0.4, -0.2) is 73.5 Å². The van der Waals surface area contributed by atoms with Gasteiger partial charge in [-0.2, -0.15) is 0 Å². The second kappa shape index (κ2) is 24.2. The van der Waals surface area contributed by atoms with Gasteiger partial charge in [0.05, 0.1) is 5.54 Å². The Balaban J connectivity index is 0.000000190. The molecule has 4 fully saturated rings. The number of alkyl halides is 2. The van der Waals surface area contributed by atoms with E-state index in [9.17, 15) is 28.0 Å². The summed E-state index contributed by atoms with van der Waals surface area (Å²) in [5, 5.41) is 26.5. The van der Waals surface area contributed by atoms with Crippen LogP contribution in [0.2, 0.25) is 0 Å². The number of carbonyl (C=O) groups excluding carboxylic acids is 4. The van der Waals surface area contributed by atoms with Gasteiger partial charge in [-0.3, -0.25) is 19.2 Å². The Bertz CT molecular complexity index is 3040. The smallest absolute Gasteiger partial charge is 0.252 e. The predicted octanol–water partition coefficient (Wildman–Crippen LogP) is 11.3. The van der Waals surface area contributed by atoms with E-state index in [1.165, 1.54) is 6.92 Å². The first-order valence-electron chi connectivity index (χ1n) is 27.6. The van der Waals surface area contributed by atoms with E-state index in [2.05, 4.69) is 41.2 Å². The second-order valence-electron chi connectivity index (χ2n) is 22.6. The van der Waals surface area contributed by atoms with Crippen LogP contribution in [0.4, 0.5) is 20.4 Å². The summed E-state index contributed by atoms with van der Waals surface area (Å²) < 4.78 is 27.0. The van der Waals surface area contributed by atoms with Crippen molar-refractivity contribution in [3.8, 4) is 44.8 Å². The fraction of sp³-hybridized carbons (Fsp3) is 0.419. The van der Waals surface area contributed by atoms with Crippen molar-refractivity contribution in [2.24, 2.45) is 23.3 Å². The number of nitrogens with zero attached hydrogens (tertiary/aromatic N) is 5. The number of hydrogen-bond acceptors (Lipinski definition) is 10. The van der Waals surface area contributed by atoms with E-state index in [1.54, 1.807) is 12.1 Å². The van der Waals surface area contributed by atoms with Gasteiger partial charge in [0.2, 0.25) is 23.6 Å². The standard InChI is InChI=1S/C32H39N5O2.C30H33F2N5O2/c1-32(2,33)25-15-13-24(14-16-25)31-27(23-8-4-3-5-9-23)21-28(35-36-31)34-29(38)20-22-11-17-26(18-12-22)37-19-7-6-10-30(37)39;1-19(38)34-24-13-7-20(8-14-24)15-27(39)35-26-16-25(21-5-3-2-4-6-21)28(37-36-26)22-9-11-23(12-10-22)29(33)17-30(31,32)18-29/h3-5,8-9,13-16,21-22,26H,6-7,10-12,17-20,33H2,1-2H3,(H,34,35,38);2-6,9-12,16,20,24H,7-8,13-15,17-18,33H2,1H3,(H,34,38)(H,35,36,39). The summed E-state index contributed by atoms with van der Waals surface area (Å²) in [5.41, 5.74) is 19.4. The third kappa shape index (κ3) is 14.1. The van der Waals surface area contributed by atoms with Crippen LogP contribution < -0.4 is 27.4 Å². The van der Waals surface area contributed by atoms with E-state index in [-0.39, 0.29) is 42.5 Å². The molecule has 1 aliphatic heterocycles. The molecular formula is C62H72F2N10O4. The monoisotopic (exact) mass is 1060 g/mol. The molecule has 0 radical (unpaired) electrons. The number of likely N-dealkylation sites (tertiary alicyclic amines) is 1. The number of nitrogens with two attached hydrogens (primary N) is 2. The van der Waals surface area contributed by atoms with Crippen LogP contribution in [0, 0.1) is 11.8 Å². The maximum absolute atomic E-state index is 13.5. The highest BCUT2D eigenvalue weighted by Crippen LogP contribution is 2.50. The van der Waals surface area contributed by atoms with Crippen LogP contribution in [0.25, 0.3) is 44.8 Å². The molecule has 6 aromatic rings. The number of halogens is 2. The van der Waals surface area contributed by atoms with Crippen LogP contribution in [0.15, 0.2) is 121 Å². The third-order valence-corrected chi connectivity index (χ3v) is 15.9. The number of piperidine rings is 1. The summed E-state index contributed by atoms with van der Waals surface area (Å²) in [6, 6.07) is 39.3. The molecule has 1 saturated heterocycles. The van der Waals surface area contributed by atoms with Crippen molar-refractivity contribution in [3.05, 3.63) is 132 Å². The predicted molar refractivity (Wildman–Crippen MR) is 300 cm³/mol. The largest absolute Gasteiger partial charge is 0.354 e. The van der Waals surface area contributed by atoms with Crippen LogP contribution in [0.3, 0.4) is 0 Å². The maximum atomic E-state index is 13.5. The molecule has 408 valence electrons. The highest BCUT2D eigenvalue weighted by atomic mass is 19.3. The summed E-state index contributed by atoms with van der Waals surface area (Å²) in [4.78, 5) is 51.5. The summed E-state index contributed by atoms with van der Waals surface area (Å²) >= 11 is 0. The van der Waals surface area contributed by atoms with Gasteiger partial charge in [-0.25, -0.2) is 8.78 Å². The Morgan fingerprint density at radius 2 is 1.12 bits per heavy atom. The van der Waals surface area contributed by atoms with Crippen molar-refractivity contribution >= 4 is 35.3 Å². The Hall–Kier alpha value is -7.30. The quantitative estimate of drug-likeness (QED) is 0.0696. The zero-order valence-electron chi connectivity index (χ0n) is 44.9. The van der Waals surface area contributed by atoms with Crippen LogP contribution in [-0.2, 0) is 30.3 Å². The van der Waals surface area contributed by atoms with E-state index >= 15 is 0 Å². The molecule has 10 rings (SSSR count). The van der Waals surface area contributed by atoms with Gasteiger partial charge in [0.15, 0.2) is 11.6 Å². The van der Waals surface area contributed by atoms with Crippen molar-refractivity contribution in [1.29, 1.82) is 0 Å². The summed E-state index contributed by atoms with van der Waals surface area (Å²) in [6.07, 6.45) is 10.3. The van der Waals surface area contributed by atoms with Crippen molar-refractivity contribution in [3.63, 3.8) is 0 Å². The van der Waals surface area contributed by atoms with Crippen molar-refractivity contribution in [2.75, 3.05) is 17.2 Å². The van der Waals surface area contributed by atoms with Gasteiger partial charge in [0, 0.05) is 85.4 Å². The Morgan fingerprint density at radius 1 is 0.641 bits per heavy atom. The lowest BCUT2D eigenvalue weighted by molar-refractivity contribution is -0.137. The third-order valence-electron chi connectivity index (χ3n) is 15.9. The summed E-state index contributed by atoms with van der Waals surface area (Å²) in [5.74, 6) is -1.18. The number of carbonyl (C=O) groups is 4. The van der Waals surface area contributed by atoms with E-state index in [0.717, 1.165) is 115 Å². The lowest BCUT2D eigenvalue weighted by atomic mass is 9.70. The molecule has 0 spiro atoms. The van der Waals surface area contributed by atoms with E-state index < -0.39 is 17.0 Å². The molecule has 7 N–H and O–H groups in total. The van der Waals surface area contributed by atoms with Crippen LogP contribution in [0.5, 0.6) is 0 Å². The second-order valence-corrected chi connectivity index (χ2v) is 22.6. The number of rotatable bonds is 14. The lowest BCUT2D eigenvalue weighted by Crippen LogP contribution is -2.55. The van der Waals surface area contributed by atoms with Gasteiger partial charge in [0.25, 0.3) is 5.92 Å². The van der Waals surface area contributed by atoms with E-state index in [1.807, 2.05) is 123 Å². The van der Waals surface area contributed by atoms with E-state index in [0.29, 0.717) is 60.0 Å². The number of nitrogens with one attached hydrogen (secondary N) is 3. The van der Waals surface area contributed by atoms with Crippen LogP contribution in [0.1, 0.15) is 128 Å². The first kappa shape index (κ1) is 55.5. The van der Waals surface area contributed by atoms with Crippen LogP contribution >= 0.6 is 0 Å². The molecule has 3 aliphatic carbocycles. The summed E-state index contributed by atoms with van der Waals surface area (Å²) in [6.45, 7) is 6.38. The SMILES string of the molecule is CC(=O)NC1CCC(CC(=O)Nc2cc(-c3ccccc3)c(-c3ccc(C4(N)CC(F)(F)C4)cc3)nn2)CC1.CC(C)(N)c1ccc(-c2nnc(NC(=O)CC3CCC(N4CCCCC4=O)CC3)cc2-c2ccccc2)cc1. The molecular weight excluding hydrogens is 987 g/mol. The van der Waals surface area contributed by atoms with Crippen molar-refractivity contribution in [1.82, 2.24) is 30.6 Å². The minimum atomic E-state index is -2.72. The molecule has 2 aromatic heterocycles. The molecule has 4 aliphatic rings. The Labute approximate surface area is 456 Å². The average Bonchev–Trinajstić information content (AvgIpc) is 3.44. The van der Waals surface area contributed by atoms with E-state index in [4.69, 9.17) is 11.5 Å². The molecule has 4 aromatic carbocycles. The van der Waals surface area contributed by atoms with Gasteiger partial charge in [-0.1, -0.05) is 109 Å². The topological polar surface area (TPSA) is 211 Å². The molecule has 3 saturated carbocycles. The number of anilines is 2. The molecule has 16 heteroatoms. The molecule has 4 amide bonds. The normalized spacial score (nSPS) is 20.8. The average molecular weight is 1060 g/mol. The zero-order chi connectivity index (χ0) is 55.0. The number of benzene rings is 4. The molecule has 14 nitrogen and oxygen atoms in total. The zero-order valence-corrected chi connectivity index (χ0v) is 44.9. The molecule has 0 bridgehead atoms. The number of hydrogen-bond donors (Lipinski definition) is 5.